The summed E-state index contributed by atoms with van der Waals surface area (Å²) in [6.45, 7) is 7.63. The molecule has 0 spiro atoms. The molecule has 2 rings (SSSR count). The van der Waals surface area contributed by atoms with E-state index in [1.165, 1.54) is 30.4 Å². The van der Waals surface area contributed by atoms with Crippen LogP contribution in [0.15, 0.2) is 54.6 Å². The lowest BCUT2D eigenvalue weighted by molar-refractivity contribution is -0.139. The quantitative estimate of drug-likeness (QED) is 0.220. The minimum Gasteiger partial charge on any atom is -0.462 e. The molecule has 4 heteroatoms. The summed E-state index contributed by atoms with van der Waals surface area (Å²) >= 11 is 6.54. The average molecular weight is 443 g/mol. The number of aliphatic hydroxyl groups is 1. The van der Waals surface area contributed by atoms with Crippen molar-refractivity contribution < 1.29 is 14.6 Å². The van der Waals surface area contributed by atoms with E-state index in [-0.39, 0.29) is 19.1 Å². The van der Waals surface area contributed by atoms with E-state index in [2.05, 4.69) is 37.8 Å². The van der Waals surface area contributed by atoms with Gasteiger partial charge in [-0.05, 0) is 67.3 Å². The Morgan fingerprint density at radius 2 is 1.74 bits per heavy atom. The Morgan fingerprint density at radius 1 is 1.06 bits per heavy atom. The van der Waals surface area contributed by atoms with Gasteiger partial charge in [-0.25, -0.2) is 4.79 Å². The maximum absolute atomic E-state index is 11.5. The molecule has 0 saturated heterocycles. The fourth-order valence-electron chi connectivity index (χ4n) is 3.53. The van der Waals surface area contributed by atoms with Crippen molar-refractivity contribution >= 4 is 17.6 Å². The molecule has 31 heavy (non-hydrogen) atoms. The summed E-state index contributed by atoms with van der Waals surface area (Å²) in [5.74, 6) is -0.524. The van der Waals surface area contributed by atoms with Crippen LogP contribution >= 0.6 is 11.6 Å². The third-order valence-corrected chi connectivity index (χ3v) is 5.94. The molecule has 1 N–H and O–H groups in total. The minimum atomic E-state index is -0.404. The highest BCUT2D eigenvalue weighted by atomic mass is 35.5. The number of carbonyl (C=O) groups is 1. The van der Waals surface area contributed by atoms with E-state index >= 15 is 0 Å². The third-order valence-electron chi connectivity index (χ3n) is 5.59. The number of hydrogen-bond donors (Lipinski definition) is 1. The summed E-state index contributed by atoms with van der Waals surface area (Å²) in [7, 11) is 0. The zero-order valence-electron chi connectivity index (χ0n) is 18.8. The van der Waals surface area contributed by atoms with Gasteiger partial charge in [0.15, 0.2) is 0 Å². The second kappa shape index (κ2) is 13.3. The SMILES string of the molecule is C=C(C)C(=O)OCCC(CO)c1ccc(CCc2ccc(CCCCC)cc2)c(Cl)c1. The van der Waals surface area contributed by atoms with Crippen LogP contribution in [-0.4, -0.2) is 24.3 Å². The number of aliphatic hydroxyl groups excluding tert-OH is 1. The van der Waals surface area contributed by atoms with E-state index < -0.39 is 5.97 Å². The van der Waals surface area contributed by atoms with Gasteiger partial charge in [0.25, 0.3) is 0 Å². The lowest BCUT2D eigenvalue weighted by Crippen LogP contribution is -2.12. The molecule has 0 fully saturated rings. The van der Waals surface area contributed by atoms with Crippen LogP contribution in [0.2, 0.25) is 5.02 Å². The van der Waals surface area contributed by atoms with Crippen molar-refractivity contribution in [3.05, 3.63) is 81.9 Å². The second-order valence-electron chi connectivity index (χ2n) is 8.21. The molecule has 0 bridgehead atoms. The standard InChI is InChI=1S/C27H35ClO3/c1-4-5-6-7-21-8-10-22(11-9-21)12-13-23-14-15-24(18-26(23)28)25(19-29)16-17-31-27(30)20(2)3/h8-11,14-15,18,25,29H,2,4-7,12-13,16-17,19H2,1,3H3. The smallest absolute Gasteiger partial charge is 0.333 e. The molecule has 1 unspecified atom stereocenters. The van der Waals surface area contributed by atoms with E-state index in [9.17, 15) is 9.90 Å². The van der Waals surface area contributed by atoms with Crippen LogP contribution in [-0.2, 0) is 28.8 Å². The van der Waals surface area contributed by atoms with Crippen molar-refractivity contribution in [1.29, 1.82) is 0 Å². The number of rotatable bonds is 13. The molecule has 0 heterocycles. The predicted octanol–water partition coefficient (Wildman–Crippen LogP) is 6.44. The molecule has 2 aromatic carbocycles. The Hall–Kier alpha value is -2.10. The van der Waals surface area contributed by atoms with E-state index in [0.29, 0.717) is 17.0 Å². The maximum atomic E-state index is 11.5. The van der Waals surface area contributed by atoms with Gasteiger partial charge in [0.1, 0.15) is 0 Å². The van der Waals surface area contributed by atoms with Crippen LogP contribution in [0.25, 0.3) is 0 Å². The summed E-state index contributed by atoms with van der Waals surface area (Å²) in [6.07, 6.45) is 7.29. The molecule has 1 atom stereocenters. The van der Waals surface area contributed by atoms with Gasteiger partial charge in [0.2, 0.25) is 0 Å². The zero-order valence-corrected chi connectivity index (χ0v) is 19.6. The minimum absolute atomic E-state index is 0.0229. The lowest BCUT2D eigenvalue weighted by atomic mass is 9.94. The van der Waals surface area contributed by atoms with Crippen molar-refractivity contribution in [2.45, 2.75) is 64.7 Å². The summed E-state index contributed by atoms with van der Waals surface area (Å²) in [5, 5.41) is 10.5. The highest BCUT2D eigenvalue weighted by molar-refractivity contribution is 6.31. The average Bonchev–Trinajstić information content (AvgIpc) is 2.76. The van der Waals surface area contributed by atoms with Gasteiger partial charge in [0, 0.05) is 16.5 Å². The van der Waals surface area contributed by atoms with Gasteiger partial charge < -0.3 is 9.84 Å². The van der Waals surface area contributed by atoms with Crippen molar-refractivity contribution in [3.63, 3.8) is 0 Å². The van der Waals surface area contributed by atoms with Crippen molar-refractivity contribution in [2.75, 3.05) is 13.2 Å². The molecule has 3 nitrogen and oxygen atoms in total. The van der Waals surface area contributed by atoms with Gasteiger partial charge in [-0.1, -0.05) is 74.3 Å². The summed E-state index contributed by atoms with van der Waals surface area (Å²) in [6, 6.07) is 14.9. The fraction of sp³-hybridized carbons (Fsp3) is 0.444. The molecular formula is C27H35ClO3. The van der Waals surface area contributed by atoms with Crippen LogP contribution in [0.1, 0.15) is 67.7 Å². The molecule has 0 saturated carbocycles. The normalized spacial score (nSPS) is 11.9. The highest BCUT2D eigenvalue weighted by Crippen LogP contribution is 2.26. The molecule has 0 radical (unpaired) electrons. The Morgan fingerprint density at radius 3 is 2.32 bits per heavy atom. The van der Waals surface area contributed by atoms with Gasteiger partial charge in [0.05, 0.1) is 13.2 Å². The van der Waals surface area contributed by atoms with Crippen LogP contribution in [0.3, 0.4) is 0 Å². The van der Waals surface area contributed by atoms with Crippen molar-refractivity contribution in [2.24, 2.45) is 0 Å². The topological polar surface area (TPSA) is 46.5 Å². The Kier molecular flexibility index (Phi) is 10.8. The number of halogens is 1. The van der Waals surface area contributed by atoms with Crippen molar-refractivity contribution in [1.82, 2.24) is 0 Å². The van der Waals surface area contributed by atoms with Crippen LogP contribution in [0.5, 0.6) is 0 Å². The summed E-state index contributed by atoms with van der Waals surface area (Å²) in [4.78, 5) is 11.5. The number of aryl methyl sites for hydroxylation is 3. The van der Waals surface area contributed by atoms with E-state index in [4.69, 9.17) is 16.3 Å². The van der Waals surface area contributed by atoms with Gasteiger partial charge in [-0.3, -0.25) is 0 Å². The first-order chi connectivity index (χ1) is 14.9. The Labute approximate surface area is 192 Å². The molecular weight excluding hydrogens is 408 g/mol. The first kappa shape index (κ1) is 25.2. The first-order valence-corrected chi connectivity index (χ1v) is 11.6. The number of esters is 1. The molecule has 0 aromatic heterocycles. The molecule has 0 aliphatic carbocycles. The lowest BCUT2D eigenvalue weighted by Gasteiger charge is -2.16. The largest absolute Gasteiger partial charge is 0.462 e. The monoisotopic (exact) mass is 442 g/mol. The van der Waals surface area contributed by atoms with Gasteiger partial charge in [-0.2, -0.15) is 0 Å². The van der Waals surface area contributed by atoms with Gasteiger partial charge >= 0.3 is 5.97 Å². The molecule has 0 aliphatic rings. The fourth-order valence-corrected chi connectivity index (χ4v) is 3.81. The maximum Gasteiger partial charge on any atom is 0.333 e. The summed E-state index contributed by atoms with van der Waals surface area (Å²) in [5.41, 5.74) is 5.15. The number of carbonyl (C=O) groups excluding carboxylic acids is 1. The summed E-state index contributed by atoms with van der Waals surface area (Å²) < 4.78 is 5.15. The van der Waals surface area contributed by atoms with E-state index in [0.717, 1.165) is 30.4 Å². The zero-order chi connectivity index (χ0) is 22.6. The molecule has 168 valence electrons. The molecule has 0 aliphatic heterocycles. The van der Waals surface area contributed by atoms with E-state index in [1.807, 2.05) is 18.2 Å². The number of unbranched alkanes of at least 4 members (excludes halogenated alkanes) is 2. The second-order valence-corrected chi connectivity index (χ2v) is 8.62. The van der Waals surface area contributed by atoms with E-state index in [1.54, 1.807) is 6.92 Å². The van der Waals surface area contributed by atoms with Gasteiger partial charge in [-0.15, -0.1) is 0 Å². The van der Waals surface area contributed by atoms with Crippen LogP contribution in [0, 0.1) is 0 Å². The Bertz CT molecular complexity index is 842. The van der Waals surface area contributed by atoms with Crippen molar-refractivity contribution in [3.8, 4) is 0 Å². The molecule has 0 amide bonds. The molecule has 2 aromatic rings. The third kappa shape index (κ3) is 8.51. The number of hydrogen-bond acceptors (Lipinski definition) is 3. The predicted molar refractivity (Wildman–Crippen MR) is 129 cm³/mol. The Balaban J connectivity index is 1.89. The first-order valence-electron chi connectivity index (χ1n) is 11.2. The highest BCUT2D eigenvalue weighted by Gasteiger charge is 2.14. The number of benzene rings is 2. The van der Waals surface area contributed by atoms with Crippen LogP contribution < -0.4 is 0 Å². The number of ether oxygens (including phenoxy) is 1. The van der Waals surface area contributed by atoms with Crippen LogP contribution in [0.4, 0.5) is 0 Å².